The Morgan fingerprint density at radius 1 is 1.13 bits per heavy atom. The smallest absolute Gasteiger partial charge is 0.242 e. The number of aryl methyl sites for hydroxylation is 1. The van der Waals surface area contributed by atoms with Crippen molar-refractivity contribution in [3.8, 4) is 5.75 Å². The summed E-state index contributed by atoms with van der Waals surface area (Å²) in [4.78, 5) is 27.7. The molecule has 0 saturated heterocycles. The highest BCUT2D eigenvalue weighted by atomic mass is 35.5. The van der Waals surface area contributed by atoms with Crippen molar-refractivity contribution in [2.75, 3.05) is 13.7 Å². The van der Waals surface area contributed by atoms with Gasteiger partial charge in [-0.3, -0.25) is 9.59 Å². The lowest BCUT2D eigenvalue weighted by molar-refractivity contribution is -0.141. The molecule has 2 aromatic carbocycles. The normalized spacial score (nSPS) is 11.6. The molecule has 0 unspecified atom stereocenters. The number of nitrogens with zero attached hydrogens (tertiary/aromatic N) is 1. The zero-order valence-electron chi connectivity index (χ0n) is 18.0. The van der Waals surface area contributed by atoms with E-state index < -0.39 is 6.04 Å². The molecular weight excluding hydrogens is 400 g/mol. The second kappa shape index (κ2) is 12.2. The second-order valence-corrected chi connectivity index (χ2v) is 7.59. The summed E-state index contributed by atoms with van der Waals surface area (Å²) in [6, 6.07) is 14.6. The van der Waals surface area contributed by atoms with Gasteiger partial charge in [0.05, 0.1) is 7.11 Å². The van der Waals surface area contributed by atoms with Crippen LogP contribution in [-0.2, 0) is 22.6 Å². The fraction of sp³-hybridized carbons (Fsp3) is 0.417. The van der Waals surface area contributed by atoms with E-state index in [1.165, 1.54) is 0 Å². The van der Waals surface area contributed by atoms with Gasteiger partial charge in [0.15, 0.2) is 0 Å². The molecule has 0 fully saturated rings. The molecule has 30 heavy (non-hydrogen) atoms. The van der Waals surface area contributed by atoms with E-state index in [0.29, 0.717) is 31.0 Å². The SMILES string of the molecule is CCCNC(=O)[C@@H](CC)N(Cc1cccc(OC)c1)C(=O)CCc1ccccc1Cl. The minimum atomic E-state index is -0.526. The van der Waals surface area contributed by atoms with E-state index >= 15 is 0 Å². The molecule has 1 N–H and O–H groups in total. The summed E-state index contributed by atoms with van der Waals surface area (Å²) in [5, 5.41) is 3.58. The molecule has 5 nitrogen and oxygen atoms in total. The molecule has 0 radical (unpaired) electrons. The van der Waals surface area contributed by atoms with Crippen LogP contribution in [0.5, 0.6) is 5.75 Å². The highest BCUT2D eigenvalue weighted by Crippen LogP contribution is 2.20. The average Bonchev–Trinajstić information content (AvgIpc) is 2.76. The van der Waals surface area contributed by atoms with Gasteiger partial charge >= 0.3 is 0 Å². The maximum Gasteiger partial charge on any atom is 0.242 e. The lowest BCUT2D eigenvalue weighted by Crippen LogP contribution is -2.49. The van der Waals surface area contributed by atoms with Crippen LogP contribution in [0.15, 0.2) is 48.5 Å². The molecule has 0 bridgehead atoms. The van der Waals surface area contributed by atoms with Gasteiger partial charge in [-0.1, -0.05) is 55.8 Å². The van der Waals surface area contributed by atoms with Crippen molar-refractivity contribution in [1.29, 1.82) is 0 Å². The number of ether oxygens (including phenoxy) is 1. The molecule has 2 rings (SSSR count). The van der Waals surface area contributed by atoms with E-state index in [0.717, 1.165) is 23.3 Å². The summed E-state index contributed by atoms with van der Waals surface area (Å²) >= 11 is 6.24. The maximum atomic E-state index is 13.2. The third kappa shape index (κ3) is 6.77. The third-order valence-corrected chi connectivity index (χ3v) is 5.36. The van der Waals surface area contributed by atoms with Gasteiger partial charge in [-0.2, -0.15) is 0 Å². The lowest BCUT2D eigenvalue weighted by Gasteiger charge is -2.31. The number of halogens is 1. The molecule has 0 aliphatic rings. The molecule has 0 heterocycles. The molecule has 0 aliphatic heterocycles. The summed E-state index contributed by atoms with van der Waals surface area (Å²) in [5.41, 5.74) is 1.85. The number of hydrogen-bond acceptors (Lipinski definition) is 3. The van der Waals surface area contributed by atoms with E-state index in [1.54, 1.807) is 12.0 Å². The van der Waals surface area contributed by atoms with Crippen molar-refractivity contribution in [3.63, 3.8) is 0 Å². The predicted octanol–water partition coefficient (Wildman–Crippen LogP) is 4.61. The Kier molecular flexibility index (Phi) is 9.68. The number of rotatable bonds is 11. The topological polar surface area (TPSA) is 58.6 Å². The number of nitrogens with one attached hydrogen (secondary N) is 1. The fourth-order valence-electron chi connectivity index (χ4n) is 3.34. The fourth-order valence-corrected chi connectivity index (χ4v) is 3.57. The highest BCUT2D eigenvalue weighted by molar-refractivity contribution is 6.31. The van der Waals surface area contributed by atoms with Crippen LogP contribution >= 0.6 is 11.6 Å². The zero-order chi connectivity index (χ0) is 21.9. The van der Waals surface area contributed by atoms with E-state index in [4.69, 9.17) is 16.3 Å². The van der Waals surface area contributed by atoms with Crippen LogP contribution in [-0.4, -0.2) is 36.4 Å². The van der Waals surface area contributed by atoms with Gasteiger partial charge in [-0.05, 0) is 48.6 Å². The van der Waals surface area contributed by atoms with Crippen molar-refractivity contribution in [3.05, 3.63) is 64.7 Å². The van der Waals surface area contributed by atoms with E-state index in [9.17, 15) is 9.59 Å². The Hall–Kier alpha value is -2.53. The van der Waals surface area contributed by atoms with Crippen molar-refractivity contribution in [2.45, 2.75) is 52.1 Å². The summed E-state index contributed by atoms with van der Waals surface area (Å²) < 4.78 is 5.31. The Labute approximate surface area is 184 Å². The molecule has 6 heteroatoms. The quantitative estimate of drug-likeness (QED) is 0.566. The summed E-state index contributed by atoms with van der Waals surface area (Å²) in [6.07, 6.45) is 2.20. The van der Waals surface area contributed by atoms with Gasteiger partial charge in [0.25, 0.3) is 0 Å². The Balaban J connectivity index is 2.22. The van der Waals surface area contributed by atoms with Gasteiger partial charge in [0.2, 0.25) is 11.8 Å². The van der Waals surface area contributed by atoms with Gasteiger partial charge in [-0.15, -0.1) is 0 Å². The van der Waals surface area contributed by atoms with Gasteiger partial charge in [-0.25, -0.2) is 0 Å². The van der Waals surface area contributed by atoms with Crippen LogP contribution in [0.3, 0.4) is 0 Å². The van der Waals surface area contributed by atoms with Crippen LogP contribution in [0.4, 0.5) is 0 Å². The zero-order valence-corrected chi connectivity index (χ0v) is 18.7. The van der Waals surface area contributed by atoms with Crippen LogP contribution < -0.4 is 10.1 Å². The predicted molar refractivity (Wildman–Crippen MR) is 121 cm³/mol. The van der Waals surface area contributed by atoms with Gasteiger partial charge in [0.1, 0.15) is 11.8 Å². The molecular formula is C24H31ClN2O3. The first-order chi connectivity index (χ1) is 14.5. The first-order valence-electron chi connectivity index (χ1n) is 10.4. The largest absolute Gasteiger partial charge is 0.497 e. The van der Waals surface area contributed by atoms with Crippen LogP contribution in [0.1, 0.15) is 44.2 Å². The minimum absolute atomic E-state index is 0.0729. The average molecular weight is 431 g/mol. The lowest BCUT2D eigenvalue weighted by atomic mass is 10.1. The first kappa shape index (κ1) is 23.7. The van der Waals surface area contributed by atoms with Crippen molar-refractivity contribution in [2.24, 2.45) is 0 Å². The Morgan fingerprint density at radius 3 is 2.57 bits per heavy atom. The number of amides is 2. The van der Waals surface area contributed by atoms with Crippen LogP contribution in [0.2, 0.25) is 5.02 Å². The number of benzene rings is 2. The van der Waals surface area contributed by atoms with E-state index in [-0.39, 0.29) is 18.2 Å². The number of carbonyl (C=O) groups excluding carboxylic acids is 2. The summed E-state index contributed by atoms with van der Waals surface area (Å²) in [5.74, 6) is 0.532. The molecule has 2 aromatic rings. The molecule has 162 valence electrons. The summed E-state index contributed by atoms with van der Waals surface area (Å²) in [7, 11) is 1.61. The monoisotopic (exact) mass is 430 g/mol. The number of methoxy groups -OCH3 is 1. The number of hydrogen-bond donors (Lipinski definition) is 1. The molecule has 0 aliphatic carbocycles. The molecule has 0 saturated carbocycles. The molecule has 2 amide bonds. The van der Waals surface area contributed by atoms with Crippen LogP contribution in [0, 0.1) is 0 Å². The highest BCUT2D eigenvalue weighted by Gasteiger charge is 2.28. The maximum absolute atomic E-state index is 13.2. The van der Waals surface area contributed by atoms with Crippen molar-refractivity contribution >= 4 is 23.4 Å². The number of carbonyl (C=O) groups is 2. The summed E-state index contributed by atoms with van der Waals surface area (Å²) in [6.45, 7) is 4.87. The van der Waals surface area contributed by atoms with Gasteiger partial charge in [0, 0.05) is 24.5 Å². The van der Waals surface area contributed by atoms with E-state index in [2.05, 4.69) is 5.32 Å². The molecule has 0 aromatic heterocycles. The standard InChI is InChI=1S/C24H31ClN2O3/c1-4-15-26-24(29)22(5-2)27(17-18-9-8-11-20(16-18)30-3)23(28)14-13-19-10-6-7-12-21(19)25/h6-12,16,22H,4-5,13-15,17H2,1-3H3,(H,26,29)/t22-/m1/s1. The van der Waals surface area contributed by atoms with E-state index in [1.807, 2.05) is 62.4 Å². The first-order valence-corrected chi connectivity index (χ1v) is 10.8. The molecule has 0 spiro atoms. The Morgan fingerprint density at radius 2 is 1.90 bits per heavy atom. The minimum Gasteiger partial charge on any atom is -0.497 e. The van der Waals surface area contributed by atoms with Crippen molar-refractivity contribution in [1.82, 2.24) is 10.2 Å². The van der Waals surface area contributed by atoms with Gasteiger partial charge < -0.3 is 15.0 Å². The van der Waals surface area contributed by atoms with Crippen molar-refractivity contribution < 1.29 is 14.3 Å². The Bertz CT molecular complexity index is 841. The van der Waals surface area contributed by atoms with Crippen LogP contribution in [0.25, 0.3) is 0 Å². The third-order valence-electron chi connectivity index (χ3n) is 4.99. The second-order valence-electron chi connectivity index (χ2n) is 7.18. The molecule has 1 atom stereocenters.